The molecule has 1 N–H and O–H groups in total. The summed E-state index contributed by atoms with van der Waals surface area (Å²) < 4.78 is 13.0. The molecule has 0 amide bonds. The van der Waals surface area contributed by atoms with E-state index in [0.29, 0.717) is 11.6 Å². The van der Waals surface area contributed by atoms with Crippen molar-refractivity contribution in [2.45, 2.75) is 31.7 Å². The molecule has 3 unspecified atom stereocenters. The lowest BCUT2D eigenvalue weighted by Crippen LogP contribution is -2.26. The number of hydrogen-bond acceptors (Lipinski definition) is 2. The predicted octanol–water partition coefficient (Wildman–Crippen LogP) is 3.30. The maximum atomic E-state index is 13.0. The SMILES string of the molecule is N#Cc1cc(F)ccc1NC1CC2CCC1C2. The Kier molecular flexibility index (Phi) is 2.51. The van der Waals surface area contributed by atoms with Gasteiger partial charge in [0, 0.05) is 6.04 Å². The van der Waals surface area contributed by atoms with Crippen molar-refractivity contribution >= 4 is 5.69 Å². The third-order valence-electron chi connectivity index (χ3n) is 4.18. The van der Waals surface area contributed by atoms with E-state index in [4.69, 9.17) is 5.26 Å². The Morgan fingerprint density at radius 2 is 2.18 bits per heavy atom. The third-order valence-corrected chi connectivity index (χ3v) is 4.18. The van der Waals surface area contributed by atoms with Crippen LogP contribution in [0.1, 0.15) is 31.2 Å². The second kappa shape index (κ2) is 4.03. The molecule has 2 aliphatic rings. The first kappa shape index (κ1) is 10.6. The first-order valence-electron chi connectivity index (χ1n) is 6.22. The van der Waals surface area contributed by atoms with Crippen LogP contribution in [0.5, 0.6) is 0 Å². The second-order valence-corrected chi connectivity index (χ2v) is 5.23. The van der Waals surface area contributed by atoms with Crippen LogP contribution in [0.25, 0.3) is 0 Å². The summed E-state index contributed by atoms with van der Waals surface area (Å²) in [5, 5.41) is 12.4. The molecule has 0 spiro atoms. The molecule has 3 heteroatoms. The minimum atomic E-state index is -0.347. The number of fused-ring (bicyclic) bond motifs is 2. The van der Waals surface area contributed by atoms with Gasteiger partial charge in [-0.3, -0.25) is 0 Å². The summed E-state index contributed by atoms with van der Waals surface area (Å²) >= 11 is 0. The van der Waals surface area contributed by atoms with E-state index in [2.05, 4.69) is 11.4 Å². The van der Waals surface area contributed by atoms with Gasteiger partial charge in [0.05, 0.1) is 11.3 Å². The standard InChI is InChI=1S/C14H15FN2/c15-12-3-4-13(11(7-12)8-16)17-14-6-9-1-2-10(14)5-9/h3-4,7,9-10,14,17H,1-2,5-6H2. The summed E-state index contributed by atoms with van der Waals surface area (Å²) in [5.41, 5.74) is 1.19. The minimum Gasteiger partial charge on any atom is -0.381 e. The van der Waals surface area contributed by atoms with E-state index in [1.165, 1.54) is 37.8 Å². The third kappa shape index (κ3) is 1.88. The molecule has 0 saturated heterocycles. The first-order chi connectivity index (χ1) is 8.26. The maximum absolute atomic E-state index is 13.0. The van der Waals surface area contributed by atoms with E-state index in [1.807, 2.05) is 0 Å². The van der Waals surface area contributed by atoms with E-state index in [-0.39, 0.29) is 5.82 Å². The van der Waals surface area contributed by atoms with Crippen LogP contribution in [0.15, 0.2) is 18.2 Å². The normalized spacial score (nSPS) is 30.2. The first-order valence-corrected chi connectivity index (χ1v) is 6.22. The molecular formula is C14H15FN2. The van der Waals surface area contributed by atoms with Crippen LogP contribution in [0.3, 0.4) is 0 Å². The van der Waals surface area contributed by atoms with Crippen LogP contribution in [-0.2, 0) is 0 Å². The molecule has 1 aromatic rings. The highest BCUT2D eigenvalue weighted by atomic mass is 19.1. The Morgan fingerprint density at radius 3 is 2.82 bits per heavy atom. The molecule has 2 bridgehead atoms. The van der Waals surface area contributed by atoms with Crippen molar-refractivity contribution in [1.29, 1.82) is 5.26 Å². The molecule has 0 radical (unpaired) electrons. The van der Waals surface area contributed by atoms with Gasteiger partial charge < -0.3 is 5.32 Å². The lowest BCUT2D eigenvalue weighted by atomic mass is 9.95. The number of nitrogens with zero attached hydrogens (tertiary/aromatic N) is 1. The zero-order valence-electron chi connectivity index (χ0n) is 9.62. The lowest BCUT2D eigenvalue weighted by molar-refractivity contribution is 0.439. The quantitative estimate of drug-likeness (QED) is 0.846. The van der Waals surface area contributed by atoms with Crippen molar-refractivity contribution in [2.24, 2.45) is 11.8 Å². The van der Waals surface area contributed by atoms with Crippen molar-refractivity contribution in [2.75, 3.05) is 5.32 Å². The van der Waals surface area contributed by atoms with Crippen LogP contribution in [0.4, 0.5) is 10.1 Å². The Labute approximate surface area is 100 Å². The van der Waals surface area contributed by atoms with Crippen molar-refractivity contribution in [1.82, 2.24) is 0 Å². The number of rotatable bonds is 2. The zero-order chi connectivity index (χ0) is 11.8. The second-order valence-electron chi connectivity index (χ2n) is 5.23. The Bertz CT molecular complexity index is 478. The van der Waals surface area contributed by atoms with Gasteiger partial charge in [0.1, 0.15) is 11.9 Å². The van der Waals surface area contributed by atoms with E-state index >= 15 is 0 Å². The molecule has 88 valence electrons. The molecule has 1 aromatic carbocycles. The summed E-state index contributed by atoms with van der Waals surface area (Å²) in [7, 11) is 0. The largest absolute Gasteiger partial charge is 0.381 e. The highest BCUT2D eigenvalue weighted by Gasteiger charge is 2.39. The van der Waals surface area contributed by atoms with Gasteiger partial charge in [0.2, 0.25) is 0 Å². The summed E-state index contributed by atoms with van der Waals surface area (Å²) in [6.07, 6.45) is 5.18. The molecule has 3 atom stereocenters. The Morgan fingerprint density at radius 1 is 1.29 bits per heavy atom. The molecule has 2 saturated carbocycles. The van der Waals surface area contributed by atoms with Gasteiger partial charge in [0.15, 0.2) is 0 Å². The number of anilines is 1. The van der Waals surface area contributed by atoms with Gasteiger partial charge in [-0.25, -0.2) is 4.39 Å². The summed E-state index contributed by atoms with van der Waals surface area (Å²) in [6.45, 7) is 0. The predicted molar refractivity (Wildman–Crippen MR) is 64.0 cm³/mol. The van der Waals surface area contributed by atoms with Crippen molar-refractivity contribution in [3.63, 3.8) is 0 Å². The van der Waals surface area contributed by atoms with E-state index in [9.17, 15) is 4.39 Å². The molecule has 17 heavy (non-hydrogen) atoms. The molecule has 0 heterocycles. The Hall–Kier alpha value is -1.56. The number of nitrogens with one attached hydrogen (secondary N) is 1. The summed E-state index contributed by atoms with van der Waals surface area (Å²) in [6, 6.07) is 6.92. The number of halogens is 1. The lowest BCUT2D eigenvalue weighted by Gasteiger charge is -2.24. The van der Waals surface area contributed by atoms with Gasteiger partial charge in [-0.05, 0) is 49.3 Å². The monoisotopic (exact) mass is 230 g/mol. The van der Waals surface area contributed by atoms with Crippen LogP contribution >= 0.6 is 0 Å². The van der Waals surface area contributed by atoms with Crippen molar-refractivity contribution in [3.05, 3.63) is 29.6 Å². The van der Waals surface area contributed by atoms with Gasteiger partial charge in [-0.15, -0.1) is 0 Å². The zero-order valence-corrected chi connectivity index (χ0v) is 9.62. The van der Waals surface area contributed by atoms with Gasteiger partial charge in [-0.2, -0.15) is 5.26 Å². The van der Waals surface area contributed by atoms with Crippen LogP contribution in [0, 0.1) is 29.0 Å². The van der Waals surface area contributed by atoms with Gasteiger partial charge in [-0.1, -0.05) is 6.42 Å². The molecule has 2 fully saturated rings. The van der Waals surface area contributed by atoms with Crippen LogP contribution < -0.4 is 5.32 Å². The minimum absolute atomic E-state index is 0.347. The number of nitriles is 1. The van der Waals surface area contributed by atoms with Gasteiger partial charge >= 0.3 is 0 Å². The number of benzene rings is 1. The van der Waals surface area contributed by atoms with E-state index in [1.54, 1.807) is 6.07 Å². The average Bonchev–Trinajstić information content (AvgIpc) is 2.93. The van der Waals surface area contributed by atoms with Crippen LogP contribution in [-0.4, -0.2) is 6.04 Å². The number of hydrogen-bond donors (Lipinski definition) is 1. The molecular weight excluding hydrogens is 215 g/mol. The topological polar surface area (TPSA) is 35.8 Å². The maximum Gasteiger partial charge on any atom is 0.124 e. The molecule has 3 rings (SSSR count). The fourth-order valence-corrected chi connectivity index (χ4v) is 3.36. The smallest absolute Gasteiger partial charge is 0.124 e. The fraction of sp³-hybridized carbons (Fsp3) is 0.500. The Balaban J connectivity index is 1.79. The van der Waals surface area contributed by atoms with Gasteiger partial charge in [0.25, 0.3) is 0 Å². The summed E-state index contributed by atoms with van der Waals surface area (Å²) in [5.74, 6) is 1.26. The molecule has 2 aliphatic carbocycles. The molecule has 0 aliphatic heterocycles. The summed E-state index contributed by atoms with van der Waals surface area (Å²) in [4.78, 5) is 0. The molecule has 0 aromatic heterocycles. The highest BCUT2D eigenvalue weighted by Crippen LogP contribution is 2.45. The van der Waals surface area contributed by atoms with E-state index in [0.717, 1.165) is 17.5 Å². The van der Waals surface area contributed by atoms with Crippen molar-refractivity contribution < 1.29 is 4.39 Å². The molecule has 2 nitrogen and oxygen atoms in total. The average molecular weight is 230 g/mol. The van der Waals surface area contributed by atoms with Crippen molar-refractivity contribution in [3.8, 4) is 6.07 Å². The van der Waals surface area contributed by atoms with E-state index < -0.39 is 0 Å². The highest BCUT2D eigenvalue weighted by molar-refractivity contribution is 5.58. The van der Waals surface area contributed by atoms with Crippen LogP contribution in [0.2, 0.25) is 0 Å². The fourth-order valence-electron chi connectivity index (χ4n) is 3.36.